The molecule has 3 aromatic carbocycles. The van der Waals surface area contributed by atoms with E-state index in [1.807, 2.05) is 98.5 Å². The summed E-state index contributed by atoms with van der Waals surface area (Å²) in [6, 6.07) is 32.8. The Morgan fingerprint density at radius 2 is 1.43 bits per heavy atom. The average molecular weight is 592 g/mol. The van der Waals surface area contributed by atoms with Gasteiger partial charge in [0.15, 0.2) is 0 Å². The molecule has 0 N–H and O–H groups in total. The Balaban J connectivity index is 1.15. The summed E-state index contributed by atoms with van der Waals surface area (Å²) in [6.45, 7) is 10.1. The maximum Gasteiger partial charge on any atom is 0.410 e. The molecular formula is C37H41N3O4. The molecule has 1 amide bonds. The standard InChI is InChI=1S/C37H41N3O4/c1-36(2,3)44-35(41)40-26-37(27-40)19-21-39(22-20-37)31-16-10-15-30(23-31)32-17-18-33(42-24-28-11-6-4-7-12-28)38-34(32)43-25-29-13-8-5-9-14-29/h4-18,23H,19-22,24-27H2,1-3H3. The highest BCUT2D eigenvalue weighted by Crippen LogP contribution is 2.42. The number of aromatic nitrogens is 1. The highest BCUT2D eigenvalue weighted by Gasteiger charge is 2.47. The number of pyridine rings is 1. The van der Waals surface area contributed by atoms with Crippen LogP contribution in [0, 0.1) is 5.41 Å². The number of hydrogen-bond acceptors (Lipinski definition) is 6. The molecule has 7 heteroatoms. The highest BCUT2D eigenvalue weighted by atomic mass is 16.6. The van der Waals surface area contributed by atoms with Crippen molar-refractivity contribution in [1.29, 1.82) is 0 Å². The first-order valence-electron chi connectivity index (χ1n) is 15.4. The topological polar surface area (TPSA) is 64.1 Å². The van der Waals surface area contributed by atoms with Crippen LogP contribution in [0.1, 0.15) is 44.7 Å². The molecule has 6 rings (SSSR count). The first kappa shape index (κ1) is 29.5. The highest BCUT2D eigenvalue weighted by molar-refractivity contribution is 5.73. The van der Waals surface area contributed by atoms with Crippen LogP contribution in [-0.4, -0.2) is 47.8 Å². The number of nitrogens with zero attached hydrogens (tertiary/aromatic N) is 3. The summed E-state index contributed by atoms with van der Waals surface area (Å²) < 4.78 is 17.9. The molecule has 228 valence electrons. The lowest BCUT2D eigenvalue weighted by atomic mass is 9.72. The normalized spacial score (nSPS) is 15.9. The number of anilines is 1. The van der Waals surface area contributed by atoms with Crippen LogP contribution in [0.5, 0.6) is 11.8 Å². The first-order valence-corrected chi connectivity index (χ1v) is 15.4. The summed E-state index contributed by atoms with van der Waals surface area (Å²) in [5.74, 6) is 1.07. The van der Waals surface area contributed by atoms with Crippen LogP contribution in [0.25, 0.3) is 11.1 Å². The van der Waals surface area contributed by atoms with Crippen LogP contribution in [0.4, 0.5) is 10.5 Å². The van der Waals surface area contributed by atoms with Gasteiger partial charge in [0.25, 0.3) is 0 Å². The minimum absolute atomic E-state index is 0.197. The van der Waals surface area contributed by atoms with E-state index in [-0.39, 0.29) is 11.5 Å². The molecule has 0 aliphatic carbocycles. The summed E-state index contributed by atoms with van der Waals surface area (Å²) in [5.41, 5.74) is 5.05. The van der Waals surface area contributed by atoms with Gasteiger partial charge in [-0.3, -0.25) is 0 Å². The van der Waals surface area contributed by atoms with Crippen LogP contribution in [0.2, 0.25) is 0 Å². The first-order chi connectivity index (χ1) is 21.3. The van der Waals surface area contributed by atoms with Gasteiger partial charge in [-0.1, -0.05) is 72.8 Å². The number of benzene rings is 3. The second kappa shape index (κ2) is 12.6. The van der Waals surface area contributed by atoms with E-state index in [1.54, 1.807) is 0 Å². The maximum atomic E-state index is 12.5. The van der Waals surface area contributed by atoms with Crippen molar-refractivity contribution in [3.8, 4) is 22.9 Å². The summed E-state index contributed by atoms with van der Waals surface area (Å²) in [6.07, 6.45) is 1.90. The SMILES string of the molecule is CC(C)(C)OC(=O)N1CC2(CCN(c3cccc(-c4ccc(OCc5ccccc5)nc4OCc4ccccc4)c3)CC2)C1. The van der Waals surface area contributed by atoms with Crippen molar-refractivity contribution in [2.24, 2.45) is 5.41 Å². The number of carbonyl (C=O) groups excluding carboxylic acids is 1. The van der Waals surface area contributed by atoms with Crippen molar-refractivity contribution in [3.05, 3.63) is 108 Å². The minimum atomic E-state index is -0.467. The Morgan fingerprint density at radius 1 is 0.795 bits per heavy atom. The quantitative estimate of drug-likeness (QED) is 0.209. The molecule has 1 spiro atoms. The lowest BCUT2D eigenvalue weighted by Crippen LogP contribution is -2.62. The van der Waals surface area contributed by atoms with Crippen LogP contribution >= 0.6 is 0 Å². The van der Waals surface area contributed by atoms with E-state index >= 15 is 0 Å². The van der Waals surface area contributed by atoms with Gasteiger partial charge >= 0.3 is 6.09 Å². The molecule has 7 nitrogen and oxygen atoms in total. The number of rotatable bonds is 8. The van der Waals surface area contributed by atoms with Crippen molar-refractivity contribution in [2.75, 3.05) is 31.1 Å². The smallest absolute Gasteiger partial charge is 0.410 e. The predicted molar refractivity (Wildman–Crippen MR) is 173 cm³/mol. The third kappa shape index (κ3) is 7.16. The third-order valence-electron chi connectivity index (χ3n) is 8.33. The van der Waals surface area contributed by atoms with Crippen LogP contribution in [-0.2, 0) is 18.0 Å². The maximum absolute atomic E-state index is 12.5. The van der Waals surface area contributed by atoms with Gasteiger partial charge in [0.05, 0.1) is 0 Å². The lowest BCUT2D eigenvalue weighted by molar-refractivity contribution is -0.0434. The van der Waals surface area contributed by atoms with Crippen molar-refractivity contribution in [3.63, 3.8) is 0 Å². The molecule has 2 fully saturated rings. The van der Waals surface area contributed by atoms with Crippen LogP contribution < -0.4 is 14.4 Å². The van der Waals surface area contributed by atoms with E-state index in [1.165, 1.54) is 5.69 Å². The Kier molecular flexibility index (Phi) is 8.47. The number of carbonyl (C=O) groups is 1. The van der Waals surface area contributed by atoms with Crippen LogP contribution in [0.3, 0.4) is 0 Å². The molecule has 0 unspecified atom stereocenters. The Morgan fingerprint density at radius 3 is 2.07 bits per heavy atom. The third-order valence-corrected chi connectivity index (χ3v) is 8.33. The largest absolute Gasteiger partial charge is 0.473 e. The summed E-state index contributed by atoms with van der Waals surface area (Å²) in [7, 11) is 0. The Hall–Kier alpha value is -4.52. The second-order valence-electron chi connectivity index (χ2n) is 12.9. The number of hydrogen-bond donors (Lipinski definition) is 0. The van der Waals surface area contributed by atoms with Gasteiger partial charge in [-0.2, -0.15) is 4.98 Å². The molecule has 3 heterocycles. The summed E-state index contributed by atoms with van der Waals surface area (Å²) >= 11 is 0. The fourth-order valence-electron chi connectivity index (χ4n) is 5.94. The zero-order chi connectivity index (χ0) is 30.6. The number of amides is 1. The van der Waals surface area contributed by atoms with E-state index < -0.39 is 5.60 Å². The monoisotopic (exact) mass is 591 g/mol. The minimum Gasteiger partial charge on any atom is -0.473 e. The Labute approximate surface area is 260 Å². The average Bonchev–Trinajstić information content (AvgIpc) is 3.02. The van der Waals surface area contributed by atoms with Crippen molar-refractivity contribution >= 4 is 11.8 Å². The number of likely N-dealkylation sites (tertiary alicyclic amines) is 1. The van der Waals surface area contributed by atoms with Crippen molar-refractivity contribution in [2.45, 2.75) is 52.4 Å². The zero-order valence-corrected chi connectivity index (χ0v) is 25.9. The molecular weight excluding hydrogens is 550 g/mol. The molecule has 1 aromatic heterocycles. The Bertz CT molecular complexity index is 1550. The zero-order valence-electron chi connectivity index (χ0n) is 25.9. The van der Waals surface area contributed by atoms with Crippen molar-refractivity contribution < 1.29 is 19.0 Å². The van der Waals surface area contributed by atoms with Crippen molar-refractivity contribution in [1.82, 2.24) is 9.88 Å². The van der Waals surface area contributed by atoms with E-state index in [0.717, 1.165) is 61.3 Å². The molecule has 2 aliphatic rings. The molecule has 2 aliphatic heterocycles. The summed E-state index contributed by atoms with van der Waals surface area (Å²) in [4.78, 5) is 21.6. The van der Waals surface area contributed by atoms with Gasteiger partial charge in [0.2, 0.25) is 11.8 Å². The molecule has 44 heavy (non-hydrogen) atoms. The molecule has 0 radical (unpaired) electrons. The van der Waals surface area contributed by atoms with E-state index in [0.29, 0.717) is 25.0 Å². The van der Waals surface area contributed by atoms with Gasteiger partial charge in [-0.15, -0.1) is 0 Å². The lowest BCUT2D eigenvalue weighted by Gasteiger charge is -2.54. The number of piperidine rings is 1. The molecule has 0 atom stereocenters. The van der Waals surface area contributed by atoms with Gasteiger partial charge < -0.3 is 24.0 Å². The van der Waals surface area contributed by atoms with Gasteiger partial charge in [-0.05, 0) is 68.5 Å². The van der Waals surface area contributed by atoms with E-state index in [2.05, 4.69) is 29.2 Å². The fourth-order valence-corrected chi connectivity index (χ4v) is 5.94. The van der Waals surface area contributed by atoms with Gasteiger partial charge in [0, 0.05) is 48.9 Å². The predicted octanol–water partition coefficient (Wildman–Crippen LogP) is 7.74. The molecule has 4 aromatic rings. The number of ether oxygens (including phenoxy) is 3. The van der Waals surface area contributed by atoms with E-state index in [4.69, 9.17) is 19.2 Å². The molecule has 0 saturated carbocycles. The summed E-state index contributed by atoms with van der Waals surface area (Å²) in [5, 5.41) is 0. The van der Waals surface area contributed by atoms with Crippen LogP contribution in [0.15, 0.2) is 97.1 Å². The molecule has 2 saturated heterocycles. The van der Waals surface area contributed by atoms with E-state index in [9.17, 15) is 4.79 Å². The van der Waals surface area contributed by atoms with Gasteiger partial charge in [0.1, 0.15) is 18.8 Å². The second-order valence-corrected chi connectivity index (χ2v) is 12.9. The molecule has 0 bridgehead atoms. The fraction of sp³-hybridized carbons (Fsp3) is 0.351. The van der Waals surface area contributed by atoms with Gasteiger partial charge in [-0.25, -0.2) is 4.79 Å².